The van der Waals surface area contributed by atoms with Crippen molar-refractivity contribution in [3.05, 3.63) is 0 Å². The minimum atomic E-state index is -1.47. The minimum Gasteiger partial charge on any atom is -0.479 e. The number of carboxylic acid groups (broad SMARTS) is 2. The molecule has 20 heavy (non-hydrogen) atoms. The average molecular weight is 287 g/mol. The Morgan fingerprint density at radius 3 is 1.60 bits per heavy atom. The number of hydrogen-bond acceptors (Lipinski definition) is 5. The Balaban J connectivity index is 2.32. The van der Waals surface area contributed by atoms with Crippen molar-refractivity contribution in [3.8, 4) is 0 Å². The lowest BCUT2D eigenvalue weighted by Crippen LogP contribution is -2.64. The first-order valence-electron chi connectivity index (χ1n) is 6.56. The Labute approximate surface area is 117 Å². The molecule has 0 radical (unpaired) electrons. The van der Waals surface area contributed by atoms with Crippen LogP contribution in [-0.2, 0) is 19.1 Å². The number of ether oxygens (including phenoxy) is 2. The number of carbonyl (C=O) groups is 2. The van der Waals surface area contributed by atoms with Crippen molar-refractivity contribution in [1.29, 1.82) is 0 Å². The molecule has 0 aliphatic carbocycles. The first kappa shape index (κ1) is 15.2. The fourth-order valence-corrected chi connectivity index (χ4v) is 3.55. The number of rotatable bonds is 2. The van der Waals surface area contributed by atoms with E-state index in [4.69, 9.17) is 19.7 Å². The molecule has 2 saturated heterocycles. The van der Waals surface area contributed by atoms with Gasteiger partial charge in [0.15, 0.2) is 18.0 Å². The number of nitrogens with one attached hydrogen (secondary N) is 1. The summed E-state index contributed by atoms with van der Waals surface area (Å²) < 4.78 is 11.1. The second-order valence-electron chi connectivity index (χ2n) is 6.91. The number of carboxylic acids is 2. The predicted octanol–water partition coefficient (Wildman–Crippen LogP) is 0.577. The van der Waals surface area contributed by atoms with E-state index in [1.807, 2.05) is 27.7 Å². The van der Waals surface area contributed by atoms with Crippen LogP contribution in [0.15, 0.2) is 0 Å². The van der Waals surface area contributed by atoms with E-state index in [9.17, 15) is 9.59 Å². The van der Waals surface area contributed by atoms with Crippen LogP contribution in [-0.4, -0.2) is 51.2 Å². The number of piperidine rings is 1. The molecule has 0 bridgehead atoms. The molecule has 0 amide bonds. The molecule has 1 spiro atoms. The highest BCUT2D eigenvalue weighted by Gasteiger charge is 2.59. The predicted molar refractivity (Wildman–Crippen MR) is 68.3 cm³/mol. The first-order chi connectivity index (χ1) is 8.95. The van der Waals surface area contributed by atoms with Gasteiger partial charge in [-0.1, -0.05) is 0 Å². The fourth-order valence-electron chi connectivity index (χ4n) is 3.55. The summed E-state index contributed by atoms with van der Waals surface area (Å²) in [5.74, 6) is -3.81. The van der Waals surface area contributed by atoms with Gasteiger partial charge in [-0.15, -0.1) is 0 Å². The minimum absolute atomic E-state index is 0.349. The van der Waals surface area contributed by atoms with Crippen LogP contribution in [0, 0.1) is 0 Å². The van der Waals surface area contributed by atoms with Gasteiger partial charge in [-0.05, 0) is 27.7 Å². The van der Waals surface area contributed by atoms with Crippen LogP contribution in [0.1, 0.15) is 40.5 Å². The lowest BCUT2D eigenvalue weighted by molar-refractivity contribution is -0.223. The molecule has 2 fully saturated rings. The highest BCUT2D eigenvalue weighted by molar-refractivity contribution is 5.84. The van der Waals surface area contributed by atoms with E-state index in [0.29, 0.717) is 12.8 Å². The highest BCUT2D eigenvalue weighted by atomic mass is 16.8. The Bertz CT molecular complexity index is 404. The SMILES string of the molecule is CC1(C)CC2(CC(C)(C)N1)OC(C(=O)O)C(C(=O)O)O2. The van der Waals surface area contributed by atoms with Crippen molar-refractivity contribution in [1.82, 2.24) is 5.32 Å². The highest BCUT2D eigenvalue weighted by Crippen LogP contribution is 2.44. The van der Waals surface area contributed by atoms with Gasteiger partial charge in [0.25, 0.3) is 0 Å². The zero-order valence-electron chi connectivity index (χ0n) is 12.1. The second kappa shape index (κ2) is 4.41. The van der Waals surface area contributed by atoms with Gasteiger partial charge < -0.3 is 25.0 Å². The second-order valence-corrected chi connectivity index (χ2v) is 6.91. The van der Waals surface area contributed by atoms with Crippen molar-refractivity contribution >= 4 is 11.9 Å². The molecule has 2 heterocycles. The molecule has 3 N–H and O–H groups in total. The molecule has 114 valence electrons. The van der Waals surface area contributed by atoms with E-state index >= 15 is 0 Å². The van der Waals surface area contributed by atoms with Crippen LogP contribution in [0.3, 0.4) is 0 Å². The van der Waals surface area contributed by atoms with Crippen LogP contribution in [0.2, 0.25) is 0 Å². The zero-order chi connectivity index (χ0) is 15.3. The summed E-state index contributed by atoms with van der Waals surface area (Å²) in [6, 6.07) is 0. The lowest BCUT2D eigenvalue weighted by Gasteiger charge is -2.50. The zero-order valence-corrected chi connectivity index (χ0v) is 12.1. The van der Waals surface area contributed by atoms with E-state index in [1.54, 1.807) is 0 Å². The molecule has 2 aliphatic rings. The molecule has 7 nitrogen and oxygen atoms in total. The van der Waals surface area contributed by atoms with Crippen molar-refractivity contribution in [3.63, 3.8) is 0 Å². The van der Waals surface area contributed by atoms with Crippen LogP contribution in [0.25, 0.3) is 0 Å². The van der Waals surface area contributed by atoms with Crippen molar-refractivity contribution in [2.75, 3.05) is 0 Å². The summed E-state index contributed by atoms with van der Waals surface area (Å²) in [7, 11) is 0. The molecule has 2 aliphatic heterocycles. The third kappa shape index (κ3) is 2.79. The molecule has 0 saturated carbocycles. The summed E-state index contributed by atoms with van der Waals surface area (Å²) >= 11 is 0. The quantitative estimate of drug-likeness (QED) is 0.682. The Morgan fingerprint density at radius 1 is 0.950 bits per heavy atom. The smallest absolute Gasteiger partial charge is 0.336 e. The standard InChI is InChI=1S/C13H21NO6/c1-11(2)5-13(6-12(3,4)14-11)19-7(9(15)16)8(20-13)10(17)18/h7-8,14H,5-6H2,1-4H3,(H,15,16)(H,17,18). The van der Waals surface area contributed by atoms with Gasteiger partial charge in [-0.3, -0.25) is 0 Å². The molecule has 7 heteroatoms. The summed E-state index contributed by atoms with van der Waals surface area (Å²) in [5.41, 5.74) is -0.698. The molecular formula is C13H21NO6. The monoisotopic (exact) mass is 287 g/mol. The maximum absolute atomic E-state index is 11.2. The topological polar surface area (TPSA) is 105 Å². The summed E-state index contributed by atoms with van der Waals surface area (Å²) in [6.45, 7) is 7.80. The van der Waals surface area contributed by atoms with Gasteiger partial charge in [0.05, 0.1) is 0 Å². The van der Waals surface area contributed by atoms with Gasteiger partial charge in [-0.2, -0.15) is 0 Å². The van der Waals surface area contributed by atoms with E-state index < -0.39 is 29.9 Å². The third-order valence-electron chi connectivity index (χ3n) is 3.54. The Morgan fingerprint density at radius 2 is 1.30 bits per heavy atom. The van der Waals surface area contributed by atoms with Crippen LogP contribution in [0.5, 0.6) is 0 Å². The normalized spacial score (nSPS) is 34.0. The number of aliphatic carboxylic acids is 2. The van der Waals surface area contributed by atoms with E-state index in [2.05, 4.69) is 5.32 Å². The third-order valence-corrected chi connectivity index (χ3v) is 3.54. The maximum atomic E-state index is 11.2. The van der Waals surface area contributed by atoms with E-state index in [1.165, 1.54) is 0 Å². The molecule has 0 aromatic rings. The van der Waals surface area contributed by atoms with Gasteiger partial charge in [-0.25, -0.2) is 9.59 Å². The van der Waals surface area contributed by atoms with E-state index in [0.717, 1.165) is 0 Å². The molecule has 2 rings (SSSR count). The molecule has 2 unspecified atom stereocenters. The average Bonchev–Trinajstić information content (AvgIpc) is 2.51. The van der Waals surface area contributed by atoms with Gasteiger partial charge in [0, 0.05) is 23.9 Å². The molecule has 2 atom stereocenters. The van der Waals surface area contributed by atoms with Gasteiger partial charge in [0.2, 0.25) is 0 Å². The van der Waals surface area contributed by atoms with Gasteiger partial charge in [0.1, 0.15) is 0 Å². The van der Waals surface area contributed by atoms with Crippen LogP contribution >= 0.6 is 0 Å². The van der Waals surface area contributed by atoms with Crippen molar-refractivity contribution < 1.29 is 29.3 Å². The van der Waals surface area contributed by atoms with Crippen LogP contribution < -0.4 is 5.32 Å². The van der Waals surface area contributed by atoms with Crippen molar-refractivity contribution in [2.45, 2.75) is 69.6 Å². The van der Waals surface area contributed by atoms with Gasteiger partial charge >= 0.3 is 11.9 Å². The van der Waals surface area contributed by atoms with E-state index in [-0.39, 0.29) is 11.1 Å². The number of hydrogen-bond donors (Lipinski definition) is 3. The van der Waals surface area contributed by atoms with Crippen molar-refractivity contribution in [2.24, 2.45) is 0 Å². The fraction of sp³-hybridized carbons (Fsp3) is 0.846. The lowest BCUT2D eigenvalue weighted by atomic mass is 9.78. The largest absolute Gasteiger partial charge is 0.479 e. The maximum Gasteiger partial charge on any atom is 0.336 e. The van der Waals surface area contributed by atoms with Crippen LogP contribution in [0.4, 0.5) is 0 Å². The summed E-state index contributed by atoms with van der Waals surface area (Å²) in [6.07, 6.45) is -2.18. The molecular weight excluding hydrogens is 266 g/mol. The molecule has 0 aromatic carbocycles. The first-order valence-corrected chi connectivity index (χ1v) is 6.56. The Kier molecular flexibility index (Phi) is 3.35. The Hall–Kier alpha value is -1.18. The summed E-state index contributed by atoms with van der Waals surface area (Å²) in [4.78, 5) is 22.4. The summed E-state index contributed by atoms with van der Waals surface area (Å²) in [5, 5.41) is 21.7. The molecule has 0 aromatic heterocycles.